The van der Waals surface area contributed by atoms with E-state index in [-0.39, 0.29) is 11.4 Å². The van der Waals surface area contributed by atoms with Crippen molar-refractivity contribution in [2.75, 3.05) is 6.61 Å². The predicted molar refractivity (Wildman–Crippen MR) is 131 cm³/mol. The lowest BCUT2D eigenvalue weighted by molar-refractivity contribution is -0.239. The molecule has 0 radical (unpaired) electrons. The van der Waals surface area contributed by atoms with Crippen molar-refractivity contribution in [3.05, 3.63) is 35.1 Å². The monoisotopic (exact) mass is 534 g/mol. The lowest BCUT2D eigenvalue weighted by Gasteiger charge is -2.45. The van der Waals surface area contributed by atoms with E-state index in [4.69, 9.17) is 36.3 Å². The number of carbonyl (C=O) groups is 4. The van der Waals surface area contributed by atoms with Crippen molar-refractivity contribution in [3.63, 3.8) is 0 Å². The van der Waals surface area contributed by atoms with Gasteiger partial charge in [0.15, 0.2) is 24.3 Å². The Bertz CT molecular complexity index is 1210. The zero-order valence-electron chi connectivity index (χ0n) is 21.2. The van der Waals surface area contributed by atoms with Crippen LogP contribution in [0, 0.1) is 4.77 Å². The van der Waals surface area contributed by atoms with Gasteiger partial charge in [-0.1, -0.05) is 30.3 Å². The lowest BCUT2D eigenvalue weighted by atomic mass is 9.95. The highest BCUT2D eigenvalue weighted by molar-refractivity contribution is 7.71. The Morgan fingerprint density at radius 2 is 1.62 bits per heavy atom. The molecule has 2 aromatic rings. The zero-order chi connectivity index (χ0) is 27.3. The highest BCUT2D eigenvalue weighted by Crippen LogP contribution is 2.33. The number of amides is 1. The summed E-state index contributed by atoms with van der Waals surface area (Å²) in [7, 11) is 0. The van der Waals surface area contributed by atoms with Gasteiger partial charge in [0.25, 0.3) is 0 Å². The molecular formula is C24H30N4O8S. The molecule has 37 heavy (non-hydrogen) atoms. The molecule has 1 aliphatic rings. The van der Waals surface area contributed by atoms with Gasteiger partial charge in [0, 0.05) is 39.8 Å². The normalized spacial score (nSPS) is 23.1. The van der Waals surface area contributed by atoms with Crippen molar-refractivity contribution in [1.82, 2.24) is 19.7 Å². The summed E-state index contributed by atoms with van der Waals surface area (Å²) in [6.45, 7) is 6.94. The minimum absolute atomic E-state index is 0.278. The molecule has 0 bridgehead atoms. The van der Waals surface area contributed by atoms with E-state index in [1.54, 1.807) is 4.57 Å². The highest BCUT2D eigenvalue weighted by atomic mass is 32.1. The lowest BCUT2D eigenvalue weighted by Crippen LogP contribution is -2.64. The summed E-state index contributed by atoms with van der Waals surface area (Å²) in [5.41, 5.74) is 0.798. The molecule has 0 saturated carbocycles. The van der Waals surface area contributed by atoms with E-state index in [1.165, 1.54) is 32.4 Å². The Kier molecular flexibility index (Phi) is 9.16. The second kappa shape index (κ2) is 12.1. The Hall–Kier alpha value is -3.58. The second-order valence-electron chi connectivity index (χ2n) is 8.40. The Morgan fingerprint density at radius 3 is 2.16 bits per heavy atom. The fourth-order valence-electron chi connectivity index (χ4n) is 4.18. The van der Waals surface area contributed by atoms with Crippen molar-refractivity contribution in [1.29, 1.82) is 0 Å². The molecule has 12 nitrogen and oxygen atoms in total. The number of hydrogen-bond donors (Lipinski definition) is 1. The van der Waals surface area contributed by atoms with Crippen LogP contribution in [0.1, 0.15) is 40.8 Å². The first-order valence-corrected chi connectivity index (χ1v) is 12.1. The smallest absolute Gasteiger partial charge is 0.303 e. The van der Waals surface area contributed by atoms with Crippen molar-refractivity contribution >= 4 is 36.0 Å². The van der Waals surface area contributed by atoms with Gasteiger partial charge in [-0.2, -0.15) is 0 Å². The number of hydrogen-bond acceptors (Lipinski definition) is 10. The van der Waals surface area contributed by atoms with E-state index in [0.717, 1.165) is 5.56 Å². The topological polar surface area (TPSA) is 140 Å². The SMILES string of the molecule is CCn1c(-c2ccccc2)nn([C@@H]2O[C@H](COC(C)=O)[C@H](OC(C)=O)[C@H](OC(C)=O)[C@@H]2NC(C)=O)c1=S. The minimum atomic E-state index is -1.21. The quantitative estimate of drug-likeness (QED) is 0.303. The Balaban J connectivity index is 2.18. The third-order valence-electron chi connectivity index (χ3n) is 5.56. The van der Waals surface area contributed by atoms with Crippen LogP contribution in [0.4, 0.5) is 0 Å². The van der Waals surface area contributed by atoms with Crippen LogP contribution in [0.2, 0.25) is 0 Å². The summed E-state index contributed by atoms with van der Waals surface area (Å²) in [6, 6.07) is 8.30. The first-order valence-electron chi connectivity index (χ1n) is 11.7. The van der Waals surface area contributed by atoms with E-state index in [0.29, 0.717) is 12.4 Å². The second-order valence-corrected chi connectivity index (χ2v) is 8.77. The largest absolute Gasteiger partial charge is 0.463 e. The summed E-state index contributed by atoms with van der Waals surface area (Å²) in [6.07, 6.45) is -4.59. The molecule has 3 rings (SSSR count). The highest BCUT2D eigenvalue weighted by Gasteiger charge is 2.52. The summed E-state index contributed by atoms with van der Waals surface area (Å²) >= 11 is 5.72. The number of rotatable bonds is 8. The number of nitrogens with zero attached hydrogens (tertiary/aromatic N) is 3. The van der Waals surface area contributed by atoms with Crippen LogP contribution in [-0.4, -0.2) is 69.1 Å². The number of nitrogens with one attached hydrogen (secondary N) is 1. The van der Waals surface area contributed by atoms with Crippen LogP contribution in [0.15, 0.2) is 30.3 Å². The molecule has 1 aromatic carbocycles. The van der Waals surface area contributed by atoms with Crippen LogP contribution in [0.3, 0.4) is 0 Å². The molecule has 0 aliphatic carbocycles. The van der Waals surface area contributed by atoms with E-state index in [9.17, 15) is 19.2 Å². The summed E-state index contributed by atoms with van der Waals surface area (Å²) in [5.74, 6) is -1.86. The number of carbonyl (C=O) groups excluding carboxylic acids is 4. The van der Waals surface area contributed by atoms with Crippen LogP contribution < -0.4 is 5.32 Å². The zero-order valence-corrected chi connectivity index (χ0v) is 22.0. The maximum absolute atomic E-state index is 12.2. The third-order valence-corrected chi connectivity index (χ3v) is 5.97. The van der Waals surface area contributed by atoms with E-state index < -0.39 is 54.4 Å². The van der Waals surface area contributed by atoms with Crippen LogP contribution in [0.25, 0.3) is 11.4 Å². The number of aromatic nitrogens is 3. The molecule has 5 atom stereocenters. The van der Waals surface area contributed by atoms with Crippen molar-refractivity contribution < 1.29 is 38.1 Å². The van der Waals surface area contributed by atoms with E-state index in [1.807, 2.05) is 37.3 Å². The van der Waals surface area contributed by atoms with Gasteiger partial charge >= 0.3 is 17.9 Å². The molecule has 1 saturated heterocycles. The van der Waals surface area contributed by atoms with Crippen LogP contribution in [0.5, 0.6) is 0 Å². The number of esters is 3. The Morgan fingerprint density at radius 1 is 1.00 bits per heavy atom. The minimum Gasteiger partial charge on any atom is -0.463 e. The molecule has 0 spiro atoms. The van der Waals surface area contributed by atoms with E-state index in [2.05, 4.69) is 5.32 Å². The maximum Gasteiger partial charge on any atom is 0.303 e. The van der Waals surface area contributed by atoms with Crippen LogP contribution >= 0.6 is 12.2 Å². The van der Waals surface area contributed by atoms with Gasteiger partial charge in [-0.3, -0.25) is 19.2 Å². The number of ether oxygens (including phenoxy) is 4. The Labute approximate surface area is 218 Å². The predicted octanol–water partition coefficient (Wildman–Crippen LogP) is 1.93. The van der Waals surface area contributed by atoms with Crippen molar-refractivity contribution in [2.45, 2.75) is 71.7 Å². The molecule has 1 aliphatic heterocycles. The summed E-state index contributed by atoms with van der Waals surface area (Å²) in [5, 5.41) is 7.44. The van der Waals surface area contributed by atoms with Gasteiger partial charge in [-0.05, 0) is 19.1 Å². The average molecular weight is 535 g/mol. The molecule has 1 N–H and O–H groups in total. The van der Waals surface area contributed by atoms with Gasteiger partial charge in [0.1, 0.15) is 18.8 Å². The first-order chi connectivity index (χ1) is 17.5. The first kappa shape index (κ1) is 28.0. The average Bonchev–Trinajstić information content (AvgIpc) is 3.16. The standard InChI is InChI=1S/C24H30N4O8S/c1-6-27-22(17-10-8-7-9-11-17)26-28(24(27)37)23-19(25-13(2)29)21(35-16(5)32)20(34-15(4)31)18(36-23)12-33-14(3)30/h7-11,18-21,23H,6,12H2,1-5H3,(H,25,29)/t18-,19+,20+,21-,23-/m1/s1. The maximum atomic E-state index is 12.2. The molecule has 1 aromatic heterocycles. The molecule has 1 fully saturated rings. The van der Waals surface area contributed by atoms with Crippen LogP contribution in [-0.2, 0) is 44.7 Å². The van der Waals surface area contributed by atoms with Gasteiger partial charge in [0.2, 0.25) is 10.7 Å². The molecule has 0 unspecified atom stereocenters. The van der Waals surface area contributed by atoms with Gasteiger partial charge < -0.3 is 28.8 Å². The van der Waals surface area contributed by atoms with Crippen molar-refractivity contribution in [2.24, 2.45) is 0 Å². The summed E-state index contributed by atoms with van der Waals surface area (Å²) in [4.78, 5) is 47.9. The molecular weight excluding hydrogens is 504 g/mol. The molecule has 13 heteroatoms. The van der Waals surface area contributed by atoms with Gasteiger partial charge in [-0.15, -0.1) is 5.10 Å². The van der Waals surface area contributed by atoms with Gasteiger partial charge in [0.05, 0.1) is 0 Å². The summed E-state index contributed by atoms with van der Waals surface area (Å²) < 4.78 is 25.9. The molecule has 200 valence electrons. The van der Waals surface area contributed by atoms with Gasteiger partial charge in [-0.25, -0.2) is 4.68 Å². The van der Waals surface area contributed by atoms with Crippen molar-refractivity contribution in [3.8, 4) is 11.4 Å². The van der Waals surface area contributed by atoms with E-state index >= 15 is 0 Å². The fourth-order valence-corrected chi connectivity index (χ4v) is 4.54. The fraction of sp³-hybridized carbons (Fsp3) is 0.500. The molecule has 2 heterocycles. The molecule has 1 amide bonds. The number of benzene rings is 1. The third kappa shape index (κ3) is 6.60.